The molecule has 2 atom stereocenters. The van der Waals surface area contributed by atoms with Crippen molar-refractivity contribution in [1.29, 1.82) is 0 Å². The van der Waals surface area contributed by atoms with Crippen LogP contribution in [0.15, 0.2) is 30.3 Å². The molecule has 5 heteroatoms. The van der Waals surface area contributed by atoms with Crippen LogP contribution in [0.25, 0.3) is 0 Å². The van der Waals surface area contributed by atoms with E-state index >= 15 is 0 Å². The van der Waals surface area contributed by atoms with Gasteiger partial charge in [-0.1, -0.05) is 30.3 Å². The highest BCUT2D eigenvalue weighted by Gasteiger charge is 2.37. The molecule has 2 saturated heterocycles. The summed E-state index contributed by atoms with van der Waals surface area (Å²) >= 11 is 0. The summed E-state index contributed by atoms with van der Waals surface area (Å²) in [5.41, 5.74) is 0.968. The normalized spacial score (nSPS) is 25.0. The van der Waals surface area contributed by atoms with E-state index in [-0.39, 0.29) is 24.5 Å². The SMILES string of the molecule is O=C1NC[C@@H]2C[C@H]1CN(C(=O)OCc1ccccc1)C2. The minimum atomic E-state index is -0.321. The Morgan fingerprint density at radius 3 is 2.90 bits per heavy atom. The van der Waals surface area contributed by atoms with E-state index in [2.05, 4.69) is 5.32 Å². The number of rotatable bonds is 2. The Hall–Kier alpha value is -2.04. The highest BCUT2D eigenvalue weighted by molar-refractivity contribution is 5.81. The summed E-state index contributed by atoms with van der Waals surface area (Å²) < 4.78 is 5.32. The number of piperidine rings is 2. The number of benzene rings is 1. The topological polar surface area (TPSA) is 58.6 Å². The quantitative estimate of drug-likeness (QED) is 0.886. The van der Waals surface area contributed by atoms with E-state index in [1.54, 1.807) is 4.90 Å². The van der Waals surface area contributed by atoms with Gasteiger partial charge in [-0.05, 0) is 17.9 Å². The molecule has 0 saturated carbocycles. The lowest BCUT2D eigenvalue weighted by molar-refractivity contribution is -0.130. The van der Waals surface area contributed by atoms with Crippen molar-refractivity contribution in [3.63, 3.8) is 0 Å². The Morgan fingerprint density at radius 2 is 2.10 bits per heavy atom. The molecule has 0 spiro atoms. The number of ether oxygens (including phenoxy) is 1. The molecule has 2 heterocycles. The maximum Gasteiger partial charge on any atom is 0.410 e. The van der Waals surface area contributed by atoms with Crippen LogP contribution < -0.4 is 5.32 Å². The van der Waals surface area contributed by atoms with E-state index in [4.69, 9.17) is 4.74 Å². The number of nitrogens with zero attached hydrogens (tertiary/aromatic N) is 1. The van der Waals surface area contributed by atoms with Gasteiger partial charge in [-0.25, -0.2) is 4.79 Å². The molecule has 0 unspecified atom stereocenters. The molecule has 0 radical (unpaired) electrons. The summed E-state index contributed by atoms with van der Waals surface area (Å²) in [6.07, 6.45) is 0.562. The fraction of sp³-hybridized carbons (Fsp3) is 0.467. The maximum atomic E-state index is 12.1. The molecule has 0 aliphatic carbocycles. The lowest BCUT2D eigenvalue weighted by Gasteiger charge is -2.40. The average molecular weight is 274 g/mol. The fourth-order valence-corrected chi connectivity index (χ4v) is 2.89. The molecule has 106 valence electrons. The van der Waals surface area contributed by atoms with Gasteiger partial charge >= 0.3 is 6.09 Å². The van der Waals surface area contributed by atoms with Gasteiger partial charge in [0, 0.05) is 19.6 Å². The number of carbonyl (C=O) groups excluding carboxylic acids is 2. The molecule has 1 aromatic rings. The zero-order chi connectivity index (χ0) is 13.9. The van der Waals surface area contributed by atoms with Crippen molar-refractivity contribution in [3.8, 4) is 0 Å². The lowest BCUT2D eigenvalue weighted by atomic mass is 9.85. The Bertz CT molecular complexity index is 503. The number of likely N-dealkylation sites (tertiary alicyclic amines) is 1. The second-order valence-electron chi connectivity index (χ2n) is 5.49. The second-order valence-corrected chi connectivity index (χ2v) is 5.49. The molecule has 2 bridgehead atoms. The third-order valence-electron chi connectivity index (χ3n) is 3.94. The van der Waals surface area contributed by atoms with Crippen LogP contribution in [-0.4, -0.2) is 36.5 Å². The fourth-order valence-electron chi connectivity index (χ4n) is 2.89. The van der Waals surface area contributed by atoms with Gasteiger partial charge in [-0.2, -0.15) is 0 Å². The van der Waals surface area contributed by atoms with E-state index < -0.39 is 0 Å². The molecule has 1 aromatic carbocycles. The third-order valence-corrected chi connectivity index (χ3v) is 3.94. The van der Waals surface area contributed by atoms with Gasteiger partial charge < -0.3 is 15.0 Å². The van der Waals surface area contributed by atoms with Crippen LogP contribution in [0.5, 0.6) is 0 Å². The van der Waals surface area contributed by atoms with Crippen molar-refractivity contribution in [3.05, 3.63) is 35.9 Å². The van der Waals surface area contributed by atoms with Crippen molar-refractivity contribution in [2.45, 2.75) is 13.0 Å². The zero-order valence-electron chi connectivity index (χ0n) is 11.2. The Morgan fingerprint density at radius 1 is 1.30 bits per heavy atom. The summed E-state index contributed by atoms with van der Waals surface area (Å²) in [5, 5.41) is 2.88. The highest BCUT2D eigenvalue weighted by atomic mass is 16.6. The molecule has 2 fully saturated rings. The molecule has 3 rings (SSSR count). The summed E-state index contributed by atoms with van der Waals surface area (Å²) in [7, 11) is 0. The number of hydrogen-bond donors (Lipinski definition) is 1. The molecule has 2 amide bonds. The Kier molecular flexibility index (Phi) is 3.58. The molecule has 20 heavy (non-hydrogen) atoms. The van der Waals surface area contributed by atoms with Gasteiger partial charge in [0.1, 0.15) is 6.61 Å². The van der Waals surface area contributed by atoms with Crippen LogP contribution >= 0.6 is 0 Å². The zero-order valence-corrected chi connectivity index (χ0v) is 11.2. The van der Waals surface area contributed by atoms with Crippen LogP contribution in [0.4, 0.5) is 4.79 Å². The van der Waals surface area contributed by atoms with E-state index in [9.17, 15) is 9.59 Å². The lowest BCUT2D eigenvalue weighted by Crippen LogP contribution is -2.55. The van der Waals surface area contributed by atoms with Crippen molar-refractivity contribution in [1.82, 2.24) is 10.2 Å². The summed E-state index contributed by atoms with van der Waals surface area (Å²) in [4.78, 5) is 25.4. The standard InChI is InChI=1S/C15H18N2O3/c18-14-13-6-12(7-16-14)8-17(9-13)15(19)20-10-11-4-2-1-3-5-11/h1-5,12-13H,6-10H2,(H,16,18)/t12-,13-/m0/s1. The Balaban J connectivity index is 1.56. The van der Waals surface area contributed by atoms with Gasteiger partial charge in [0.15, 0.2) is 0 Å². The van der Waals surface area contributed by atoms with Gasteiger partial charge in [0.25, 0.3) is 0 Å². The summed E-state index contributed by atoms with van der Waals surface area (Å²) in [6, 6.07) is 9.60. The van der Waals surface area contributed by atoms with Crippen molar-refractivity contribution >= 4 is 12.0 Å². The maximum absolute atomic E-state index is 12.1. The predicted molar refractivity (Wildman–Crippen MR) is 72.8 cm³/mol. The van der Waals surface area contributed by atoms with Crippen LogP contribution in [0.1, 0.15) is 12.0 Å². The molecule has 2 aliphatic rings. The second kappa shape index (κ2) is 5.53. The largest absolute Gasteiger partial charge is 0.445 e. The Labute approximate surface area is 117 Å². The highest BCUT2D eigenvalue weighted by Crippen LogP contribution is 2.25. The minimum Gasteiger partial charge on any atom is -0.445 e. The molecular weight excluding hydrogens is 256 g/mol. The number of hydrogen-bond acceptors (Lipinski definition) is 3. The number of nitrogens with one attached hydrogen (secondary N) is 1. The first kappa shape index (κ1) is 13.0. The number of fused-ring (bicyclic) bond motifs is 2. The van der Waals surface area contributed by atoms with E-state index in [0.29, 0.717) is 25.6 Å². The smallest absolute Gasteiger partial charge is 0.410 e. The van der Waals surface area contributed by atoms with Crippen LogP contribution in [0.2, 0.25) is 0 Å². The first-order valence-corrected chi connectivity index (χ1v) is 6.95. The molecular formula is C15H18N2O3. The van der Waals surface area contributed by atoms with Gasteiger partial charge in [0.2, 0.25) is 5.91 Å². The third kappa shape index (κ3) is 2.76. The molecule has 1 N–H and O–H groups in total. The van der Waals surface area contributed by atoms with Crippen molar-refractivity contribution in [2.24, 2.45) is 11.8 Å². The van der Waals surface area contributed by atoms with E-state index in [0.717, 1.165) is 12.0 Å². The van der Waals surface area contributed by atoms with Crippen molar-refractivity contribution < 1.29 is 14.3 Å². The molecule has 0 aromatic heterocycles. The molecule has 5 nitrogen and oxygen atoms in total. The van der Waals surface area contributed by atoms with E-state index in [1.807, 2.05) is 30.3 Å². The molecule has 2 aliphatic heterocycles. The number of carbonyl (C=O) groups is 2. The number of amides is 2. The van der Waals surface area contributed by atoms with Crippen LogP contribution in [-0.2, 0) is 16.1 Å². The minimum absolute atomic E-state index is 0.0572. The van der Waals surface area contributed by atoms with Crippen LogP contribution in [0.3, 0.4) is 0 Å². The monoisotopic (exact) mass is 274 g/mol. The average Bonchev–Trinajstić information content (AvgIpc) is 2.50. The first-order chi connectivity index (χ1) is 9.72. The summed E-state index contributed by atoms with van der Waals surface area (Å²) in [6.45, 7) is 2.08. The van der Waals surface area contributed by atoms with Gasteiger partial charge in [-0.3, -0.25) is 4.79 Å². The van der Waals surface area contributed by atoms with Gasteiger partial charge in [-0.15, -0.1) is 0 Å². The van der Waals surface area contributed by atoms with E-state index in [1.165, 1.54) is 0 Å². The van der Waals surface area contributed by atoms with Gasteiger partial charge in [0.05, 0.1) is 5.92 Å². The predicted octanol–water partition coefficient (Wildman–Crippen LogP) is 1.39. The summed E-state index contributed by atoms with van der Waals surface area (Å²) in [5.74, 6) is 0.337. The van der Waals surface area contributed by atoms with Crippen LogP contribution in [0, 0.1) is 11.8 Å². The first-order valence-electron chi connectivity index (χ1n) is 6.95. The van der Waals surface area contributed by atoms with Crippen molar-refractivity contribution in [2.75, 3.05) is 19.6 Å².